The quantitative estimate of drug-likeness (QED) is 0.0585. The predicted molar refractivity (Wildman–Crippen MR) is 233 cm³/mol. The first kappa shape index (κ1) is 46.5. The van der Waals surface area contributed by atoms with Gasteiger partial charge in [0.15, 0.2) is 0 Å². The molecule has 55 heavy (non-hydrogen) atoms. The van der Waals surface area contributed by atoms with E-state index in [1.807, 2.05) is 0 Å². The fraction of sp³-hybridized carbons (Fsp3) is 0.640. The molecule has 0 saturated heterocycles. The number of aliphatic hydroxyl groups excluding tert-OH is 2. The molecule has 5 heteroatoms. The Balaban J connectivity index is 1.47. The molecule has 5 nitrogen and oxygen atoms in total. The summed E-state index contributed by atoms with van der Waals surface area (Å²) in [6.07, 6.45) is 28.9. The van der Waals surface area contributed by atoms with Crippen LogP contribution in [0.15, 0.2) is 66.7 Å². The predicted octanol–water partition coefficient (Wildman–Crippen LogP) is 14.1. The molecular formula is C50H78O5. The van der Waals surface area contributed by atoms with Crippen LogP contribution in [0.2, 0.25) is 0 Å². The van der Waals surface area contributed by atoms with Gasteiger partial charge >= 0.3 is 0 Å². The SMILES string of the molecule is CCCCCCCCCCOc1ccc(-c2ccc(-c3ccc(OCCCCCCCCCC)c(COCCCCCCCCCC(O)CO)c3)cc2)cc1. The average molecular weight is 759 g/mol. The summed E-state index contributed by atoms with van der Waals surface area (Å²) in [6, 6.07) is 24.0. The van der Waals surface area contributed by atoms with Crippen LogP contribution in [0, 0.1) is 0 Å². The number of benzene rings is 3. The molecule has 0 aromatic heterocycles. The zero-order chi connectivity index (χ0) is 39.0. The van der Waals surface area contributed by atoms with Gasteiger partial charge in [0.25, 0.3) is 0 Å². The van der Waals surface area contributed by atoms with E-state index in [0.717, 1.165) is 69.0 Å². The highest BCUT2D eigenvalue weighted by molar-refractivity contribution is 5.71. The Morgan fingerprint density at radius 3 is 1.40 bits per heavy atom. The first-order valence-corrected chi connectivity index (χ1v) is 22.6. The fourth-order valence-corrected chi connectivity index (χ4v) is 7.20. The van der Waals surface area contributed by atoms with Gasteiger partial charge in [-0.3, -0.25) is 0 Å². The van der Waals surface area contributed by atoms with E-state index in [0.29, 0.717) is 13.0 Å². The summed E-state index contributed by atoms with van der Waals surface area (Å²) in [4.78, 5) is 0. The maximum absolute atomic E-state index is 9.49. The van der Waals surface area contributed by atoms with Crippen molar-refractivity contribution in [3.8, 4) is 33.8 Å². The number of hydrogen-bond acceptors (Lipinski definition) is 5. The molecule has 3 aromatic carbocycles. The Morgan fingerprint density at radius 2 is 0.873 bits per heavy atom. The molecule has 0 saturated carbocycles. The summed E-state index contributed by atoms with van der Waals surface area (Å²) in [5, 5.41) is 18.4. The van der Waals surface area contributed by atoms with Crippen LogP contribution < -0.4 is 9.47 Å². The van der Waals surface area contributed by atoms with Gasteiger partial charge in [0.2, 0.25) is 0 Å². The Bertz CT molecular complexity index is 1320. The number of hydrogen-bond donors (Lipinski definition) is 2. The summed E-state index contributed by atoms with van der Waals surface area (Å²) in [5.41, 5.74) is 5.89. The van der Waals surface area contributed by atoms with Crippen molar-refractivity contribution in [2.75, 3.05) is 26.4 Å². The molecule has 0 heterocycles. The highest BCUT2D eigenvalue weighted by Gasteiger charge is 2.09. The highest BCUT2D eigenvalue weighted by Crippen LogP contribution is 2.30. The van der Waals surface area contributed by atoms with Crippen molar-refractivity contribution in [2.45, 2.75) is 181 Å². The van der Waals surface area contributed by atoms with E-state index in [-0.39, 0.29) is 6.61 Å². The lowest BCUT2D eigenvalue weighted by Gasteiger charge is -2.14. The van der Waals surface area contributed by atoms with Crippen molar-refractivity contribution in [3.05, 3.63) is 72.3 Å². The topological polar surface area (TPSA) is 68.2 Å². The smallest absolute Gasteiger partial charge is 0.124 e. The van der Waals surface area contributed by atoms with Gasteiger partial charge in [0.1, 0.15) is 11.5 Å². The van der Waals surface area contributed by atoms with E-state index in [1.54, 1.807) is 0 Å². The van der Waals surface area contributed by atoms with Crippen LogP contribution in [-0.4, -0.2) is 42.7 Å². The van der Waals surface area contributed by atoms with E-state index in [4.69, 9.17) is 19.3 Å². The molecule has 0 radical (unpaired) electrons. The molecule has 0 aliphatic heterocycles. The molecule has 0 fully saturated rings. The largest absolute Gasteiger partial charge is 0.494 e. The van der Waals surface area contributed by atoms with Crippen LogP contribution in [0.4, 0.5) is 0 Å². The molecule has 3 aromatic rings. The van der Waals surface area contributed by atoms with Gasteiger partial charge < -0.3 is 24.4 Å². The fourth-order valence-electron chi connectivity index (χ4n) is 7.20. The first-order chi connectivity index (χ1) is 27.1. The van der Waals surface area contributed by atoms with Gasteiger partial charge in [-0.2, -0.15) is 0 Å². The lowest BCUT2D eigenvalue weighted by Crippen LogP contribution is -2.10. The van der Waals surface area contributed by atoms with Gasteiger partial charge in [-0.05, 0) is 72.2 Å². The van der Waals surface area contributed by atoms with Crippen molar-refractivity contribution in [3.63, 3.8) is 0 Å². The molecule has 0 spiro atoms. The van der Waals surface area contributed by atoms with E-state index < -0.39 is 6.10 Å². The molecule has 2 N–H and O–H groups in total. The second-order valence-electron chi connectivity index (χ2n) is 15.7. The number of ether oxygens (including phenoxy) is 3. The maximum Gasteiger partial charge on any atom is 0.124 e. The third kappa shape index (κ3) is 21.3. The second-order valence-corrected chi connectivity index (χ2v) is 15.7. The van der Waals surface area contributed by atoms with Crippen LogP contribution in [0.5, 0.6) is 11.5 Å². The molecule has 0 aliphatic rings. The first-order valence-electron chi connectivity index (χ1n) is 22.6. The summed E-state index contributed by atoms with van der Waals surface area (Å²) in [7, 11) is 0. The summed E-state index contributed by atoms with van der Waals surface area (Å²) >= 11 is 0. The average Bonchev–Trinajstić information content (AvgIpc) is 3.22. The van der Waals surface area contributed by atoms with Crippen molar-refractivity contribution < 1.29 is 24.4 Å². The summed E-state index contributed by atoms with van der Waals surface area (Å²) in [6.45, 7) is 7.26. The molecule has 0 bridgehead atoms. The second kappa shape index (κ2) is 31.3. The molecule has 0 amide bonds. The minimum atomic E-state index is -0.557. The molecule has 1 atom stereocenters. The number of rotatable bonds is 35. The van der Waals surface area contributed by atoms with E-state index in [1.165, 1.54) is 138 Å². The summed E-state index contributed by atoms with van der Waals surface area (Å²) < 4.78 is 18.6. The van der Waals surface area contributed by atoms with Crippen molar-refractivity contribution in [1.29, 1.82) is 0 Å². The zero-order valence-corrected chi connectivity index (χ0v) is 35.1. The summed E-state index contributed by atoms with van der Waals surface area (Å²) in [5.74, 6) is 1.89. The Hall–Kier alpha value is -2.86. The zero-order valence-electron chi connectivity index (χ0n) is 35.1. The third-order valence-corrected chi connectivity index (χ3v) is 10.8. The minimum Gasteiger partial charge on any atom is -0.494 e. The van der Waals surface area contributed by atoms with Crippen LogP contribution in [0.25, 0.3) is 22.3 Å². The molecule has 0 aliphatic carbocycles. The minimum absolute atomic E-state index is 0.129. The normalized spacial score (nSPS) is 11.9. The monoisotopic (exact) mass is 759 g/mol. The molecule has 308 valence electrons. The lowest BCUT2D eigenvalue weighted by atomic mass is 9.99. The van der Waals surface area contributed by atoms with Crippen LogP contribution in [0.1, 0.15) is 174 Å². The molecular weight excluding hydrogens is 681 g/mol. The number of unbranched alkanes of at least 4 members (excludes halogenated alkanes) is 20. The van der Waals surface area contributed by atoms with Crippen LogP contribution in [0.3, 0.4) is 0 Å². The van der Waals surface area contributed by atoms with Gasteiger partial charge in [0.05, 0.1) is 32.5 Å². The Labute approximate surface area is 336 Å². The van der Waals surface area contributed by atoms with Crippen molar-refractivity contribution >= 4 is 0 Å². The van der Waals surface area contributed by atoms with Crippen LogP contribution >= 0.6 is 0 Å². The molecule has 1 unspecified atom stereocenters. The number of aliphatic hydroxyl groups is 2. The van der Waals surface area contributed by atoms with Crippen molar-refractivity contribution in [1.82, 2.24) is 0 Å². The highest BCUT2D eigenvalue weighted by atomic mass is 16.5. The Kier molecular flexibility index (Phi) is 26.4. The van der Waals surface area contributed by atoms with Crippen molar-refractivity contribution in [2.24, 2.45) is 0 Å². The van der Waals surface area contributed by atoms with Gasteiger partial charge in [-0.25, -0.2) is 0 Å². The van der Waals surface area contributed by atoms with Crippen LogP contribution in [-0.2, 0) is 11.3 Å². The maximum atomic E-state index is 9.49. The van der Waals surface area contributed by atoms with Gasteiger partial charge in [-0.1, -0.05) is 185 Å². The Morgan fingerprint density at radius 1 is 0.455 bits per heavy atom. The van der Waals surface area contributed by atoms with Gasteiger partial charge in [-0.15, -0.1) is 0 Å². The van der Waals surface area contributed by atoms with Gasteiger partial charge in [0, 0.05) is 12.2 Å². The van der Waals surface area contributed by atoms with E-state index in [9.17, 15) is 5.11 Å². The van der Waals surface area contributed by atoms with E-state index >= 15 is 0 Å². The standard InChI is InChI=1S/C50H78O5/c1-3-5-7-9-11-16-20-24-38-54-49-34-31-44(32-35-49)43-27-29-45(30-28-43)46-33-36-50(55-39-25-21-17-12-10-8-6-4-2)47(40-46)42-53-37-23-19-15-13-14-18-22-26-48(52)41-51/h27-36,40,48,51-52H,3-26,37-39,41-42H2,1-2H3. The lowest BCUT2D eigenvalue weighted by molar-refractivity contribution is 0.0860. The van der Waals surface area contributed by atoms with E-state index in [2.05, 4.69) is 80.6 Å². The third-order valence-electron chi connectivity index (χ3n) is 10.8. The molecule has 3 rings (SSSR count).